The van der Waals surface area contributed by atoms with Crippen molar-refractivity contribution in [3.8, 4) is 0 Å². The molecule has 2 aromatic rings. The van der Waals surface area contributed by atoms with Crippen molar-refractivity contribution < 1.29 is 14.3 Å². The Morgan fingerprint density at radius 3 is 2.48 bits per heavy atom. The van der Waals surface area contributed by atoms with E-state index in [4.69, 9.17) is 4.74 Å². The van der Waals surface area contributed by atoms with Crippen LogP contribution < -0.4 is 5.32 Å². The minimum atomic E-state index is -0.470. The van der Waals surface area contributed by atoms with E-state index in [9.17, 15) is 9.59 Å². The van der Waals surface area contributed by atoms with Crippen LogP contribution in [-0.4, -0.2) is 71.2 Å². The summed E-state index contributed by atoms with van der Waals surface area (Å²) in [4.78, 5) is 28.5. The molecule has 0 unspecified atom stereocenters. The molecule has 1 aliphatic rings. The standard InChI is InChI=1S/C22H32N4O3/c1-22(2,3)29-21(28)26-13-11-25(12-14-26)10-9-23-20(27)15-17-16-24(4)19-8-6-5-7-18(17)19/h5-8,16H,9-15H2,1-4H3,(H,23,27). The molecule has 158 valence electrons. The lowest BCUT2D eigenvalue weighted by Gasteiger charge is -2.35. The molecule has 0 atom stereocenters. The molecule has 7 nitrogen and oxygen atoms in total. The van der Waals surface area contributed by atoms with Gasteiger partial charge >= 0.3 is 6.09 Å². The summed E-state index contributed by atoms with van der Waals surface area (Å²) < 4.78 is 7.48. The number of aryl methyl sites for hydroxylation is 1. The first-order valence-corrected chi connectivity index (χ1v) is 10.2. The van der Waals surface area contributed by atoms with Crippen LogP contribution in [0.5, 0.6) is 0 Å². The number of carbonyl (C=O) groups is 2. The van der Waals surface area contributed by atoms with Gasteiger partial charge in [-0.05, 0) is 32.4 Å². The number of ether oxygens (including phenoxy) is 1. The zero-order chi connectivity index (χ0) is 21.0. The number of benzene rings is 1. The van der Waals surface area contributed by atoms with Crippen LogP contribution >= 0.6 is 0 Å². The fourth-order valence-electron chi connectivity index (χ4n) is 3.64. The van der Waals surface area contributed by atoms with E-state index >= 15 is 0 Å². The molecule has 3 rings (SSSR count). The van der Waals surface area contributed by atoms with Crippen molar-refractivity contribution in [2.75, 3.05) is 39.3 Å². The Hall–Kier alpha value is -2.54. The van der Waals surface area contributed by atoms with E-state index in [1.165, 1.54) is 0 Å². The van der Waals surface area contributed by atoms with Crippen molar-refractivity contribution in [2.45, 2.75) is 32.8 Å². The van der Waals surface area contributed by atoms with E-state index in [0.29, 0.717) is 26.1 Å². The Morgan fingerprint density at radius 1 is 1.10 bits per heavy atom. The first-order chi connectivity index (χ1) is 13.7. The lowest BCUT2D eigenvalue weighted by Crippen LogP contribution is -2.51. The first-order valence-electron chi connectivity index (χ1n) is 10.2. The quantitative estimate of drug-likeness (QED) is 0.837. The van der Waals surface area contributed by atoms with Gasteiger partial charge in [-0.3, -0.25) is 9.69 Å². The van der Waals surface area contributed by atoms with E-state index in [0.717, 1.165) is 36.1 Å². The number of rotatable bonds is 5. The van der Waals surface area contributed by atoms with Gasteiger partial charge < -0.3 is 19.5 Å². The van der Waals surface area contributed by atoms with E-state index in [1.54, 1.807) is 4.90 Å². The van der Waals surface area contributed by atoms with Crippen LogP contribution in [0.2, 0.25) is 0 Å². The minimum absolute atomic E-state index is 0.0359. The molecule has 1 saturated heterocycles. The summed E-state index contributed by atoms with van der Waals surface area (Å²) in [6, 6.07) is 8.13. The maximum absolute atomic E-state index is 12.4. The SMILES string of the molecule is Cn1cc(CC(=O)NCCN2CCN(C(=O)OC(C)(C)C)CC2)c2ccccc21. The molecular weight excluding hydrogens is 368 g/mol. The number of nitrogens with one attached hydrogen (secondary N) is 1. The molecule has 1 fully saturated rings. The lowest BCUT2D eigenvalue weighted by molar-refractivity contribution is -0.120. The average Bonchev–Trinajstić information content (AvgIpc) is 2.97. The van der Waals surface area contributed by atoms with Gasteiger partial charge in [0, 0.05) is 63.4 Å². The van der Waals surface area contributed by atoms with Crippen molar-refractivity contribution in [2.24, 2.45) is 7.05 Å². The Balaban J connectivity index is 1.39. The molecule has 0 radical (unpaired) electrons. The van der Waals surface area contributed by atoms with Crippen molar-refractivity contribution in [1.29, 1.82) is 0 Å². The third-order valence-corrected chi connectivity index (χ3v) is 5.10. The number of aromatic nitrogens is 1. The third-order valence-electron chi connectivity index (χ3n) is 5.10. The van der Waals surface area contributed by atoms with Crippen molar-refractivity contribution >= 4 is 22.9 Å². The number of piperazine rings is 1. The van der Waals surface area contributed by atoms with E-state index in [2.05, 4.69) is 26.9 Å². The highest BCUT2D eigenvalue weighted by molar-refractivity contribution is 5.89. The molecule has 2 amide bonds. The number of amides is 2. The predicted molar refractivity (Wildman–Crippen MR) is 114 cm³/mol. The molecule has 1 N–H and O–H groups in total. The molecule has 29 heavy (non-hydrogen) atoms. The summed E-state index contributed by atoms with van der Waals surface area (Å²) in [5, 5.41) is 4.15. The van der Waals surface area contributed by atoms with Crippen LogP contribution in [0, 0.1) is 0 Å². The second-order valence-electron chi connectivity index (χ2n) is 8.62. The Morgan fingerprint density at radius 2 is 1.79 bits per heavy atom. The van der Waals surface area contributed by atoms with Crippen molar-refractivity contribution in [3.63, 3.8) is 0 Å². The van der Waals surface area contributed by atoms with Gasteiger partial charge in [-0.15, -0.1) is 0 Å². The Kier molecular flexibility index (Phi) is 6.47. The maximum Gasteiger partial charge on any atom is 0.410 e. The fourth-order valence-corrected chi connectivity index (χ4v) is 3.64. The van der Waals surface area contributed by atoms with Gasteiger partial charge in [0.25, 0.3) is 0 Å². The number of carbonyl (C=O) groups excluding carboxylic acids is 2. The van der Waals surface area contributed by atoms with Gasteiger partial charge in [0.05, 0.1) is 6.42 Å². The zero-order valence-electron chi connectivity index (χ0n) is 17.9. The van der Waals surface area contributed by atoms with Crippen LogP contribution in [0.1, 0.15) is 26.3 Å². The van der Waals surface area contributed by atoms with Gasteiger partial charge in [0.2, 0.25) is 5.91 Å². The van der Waals surface area contributed by atoms with Crippen LogP contribution in [0.3, 0.4) is 0 Å². The van der Waals surface area contributed by atoms with Crippen LogP contribution in [-0.2, 0) is 23.0 Å². The second kappa shape index (κ2) is 8.86. The predicted octanol–water partition coefficient (Wildman–Crippen LogP) is 2.39. The van der Waals surface area contributed by atoms with E-state index in [1.807, 2.05) is 46.1 Å². The molecule has 1 aromatic carbocycles. The third kappa shape index (κ3) is 5.73. The van der Waals surface area contributed by atoms with Crippen molar-refractivity contribution in [3.05, 3.63) is 36.0 Å². The molecule has 1 aromatic heterocycles. The summed E-state index contributed by atoms with van der Waals surface area (Å²) >= 11 is 0. The summed E-state index contributed by atoms with van der Waals surface area (Å²) in [6.45, 7) is 9.90. The largest absolute Gasteiger partial charge is 0.444 e. The van der Waals surface area contributed by atoms with Gasteiger partial charge in [-0.1, -0.05) is 18.2 Å². The maximum atomic E-state index is 12.4. The van der Waals surface area contributed by atoms with Crippen LogP contribution in [0.4, 0.5) is 4.79 Å². The lowest BCUT2D eigenvalue weighted by atomic mass is 10.1. The molecule has 2 heterocycles. The summed E-state index contributed by atoms with van der Waals surface area (Å²) in [6.07, 6.45) is 2.16. The highest BCUT2D eigenvalue weighted by Crippen LogP contribution is 2.20. The monoisotopic (exact) mass is 400 g/mol. The number of para-hydroxylation sites is 1. The molecule has 0 aliphatic carbocycles. The van der Waals surface area contributed by atoms with Gasteiger partial charge in [-0.2, -0.15) is 0 Å². The number of hydrogen-bond donors (Lipinski definition) is 1. The van der Waals surface area contributed by atoms with E-state index < -0.39 is 5.60 Å². The normalized spacial score (nSPS) is 15.5. The highest BCUT2D eigenvalue weighted by Gasteiger charge is 2.25. The molecule has 7 heteroatoms. The van der Waals surface area contributed by atoms with Crippen molar-refractivity contribution in [1.82, 2.24) is 19.7 Å². The Labute approximate surface area is 172 Å². The van der Waals surface area contributed by atoms with E-state index in [-0.39, 0.29) is 12.0 Å². The van der Waals surface area contributed by atoms with Gasteiger partial charge in [0.1, 0.15) is 5.60 Å². The summed E-state index contributed by atoms with van der Waals surface area (Å²) in [5.74, 6) is 0.0359. The number of nitrogens with zero attached hydrogens (tertiary/aromatic N) is 3. The van der Waals surface area contributed by atoms with Crippen LogP contribution in [0.15, 0.2) is 30.5 Å². The molecule has 0 bridgehead atoms. The molecule has 0 spiro atoms. The number of fused-ring (bicyclic) bond motifs is 1. The number of hydrogen-bond acceptors (Lipinski definition) is 4. The smallest absolute Gasteiger partial charge is 0.410 e. The Bertz CT molecular complexity index is 861. The topological polar surface area (TPSA) is 66.8 Å². The molecule has 0 saturated carbocycles. The fraction of sp³-hybridized carbons (Fsp3) is 0.545. The molecular formula is C22H32N4O3. The summed E-state index contributed by atoms with van der Waals surface area (Å²) in [5.41, 5.74) is 1.72. The molecule has 1 aliphatic heterocycles. The highest BCUT2D eigenvalue weighted by atomic mass is 16.6. The second-order valence-corrected chi connectivity index (χ2v) is 8.62. The first kappa shape index (κ1) is 21.2. The van der Waals surface area contributed by atoms with Gasteiger partial charge in [0.15, 0.2) is 0 Å². The zero-order valence-corrected chi connectivity index (χ0v) is 17.9. The minimum Gasteiger partial charge on any atom is -0.444 e. The summed E-state index contributed by atoms with van der Waals surface area (Å²) in [7, 11) is 2.00. The van der Waals surface area contributed by atoms with Gasteiger partial charge in [-0.25, -0.2) is 4.79 Å². The average molecular weight is 401 g/mol. The van der Waals surface area contributed by atoms with Crippen LogP contribution in [0.25, 0.3) is 10.9 Å².